The van der Waals surface area contributed by atoms with Crippen LogP contribution in [0.5, 0.6) is 0 Å². The van der Waals surface area contributed by atoms with E-state index in [4.69, 9.17) is 0 Å². The molecule has 0 radical (unpaired) electrons. The van der Waals surface area contributed by atoms with Gasteiger partial charge in [-0.1, -0.05) is 36.8 Å². The summed E-state index contributed by atoms with van der Waals surface area (Å²) in [5, 5.41) is 10.00. The molecule has 6 heteroatoms. The van der Waals surface area contributed by atoms with Gasteiger partial charge in [-0.2, -0.15) is 0 Å². The molecule has 1 aliphatic carbocycles. The Morgan fingerprint density at radius 2 is 1.82 bits per heavy atom. The van der Waals surface area contributed by atoms with Crippen LogP contribution in [0.4, 0.5) is 0 Å². The highest BCUT2D eigenvalue weighted by atomic mass is 16.3. The number of pyridine rings is 1. The second kappa shape index (κ2) is 9.36. The third-order valence-corrected chi connectivity index (χ3v) is 7.36. The van der Waals surface area contributed by atoms with E-state index in [1.807, 2.05) is 12.1 Å². The van der Waals surface area contributed by atoms with E-state index in [1.165, 1.54) is 25.7 Å². The van der Waals surface area contributed by atoms with Crippen LogP contribution >= 0.6 is 0 Å². The topological polar surface area (TPSA) is 73.7 Å². The summed E-state index contributed by atoms with van der Waals surface area (Å²) < 4.78 is 0. The molecule has 3 atom stereocenters. The summed E-state index contributed by atoms with van der Waals surface area (Å²) in [5.74, 6) is 7.09. The van der Waals surface area contributed by atoms with Gasteiger partial charge in [-0.3, -0.25) is 14.6 Å². The van der Waals surface area contributed by atoms with Gasteiger partial charge in [0, 0.05) is 42.4 Å². The molecule has 2 amide bonds. The maximum atomic E-state index is 12.9. The summed E-state index contributed by atoms with van der Waals surface area (Å²) >= 11 is 0. The molecule has 1 aromatic heterocycles. The van der Waals surface area contributed by atoms with Crippen molar-refractivity contribution >= 4 is 11.8 Å². The SMILES string of the molecule is O=C(c1ccncc1)N1CC(=O)N2[C@@H](CO)[C@H](c3ccc(C#CCC4CCCC4)cc3)[C@@H]2C1. The Labute approximate surface area is 194 Å². The fourth-order valence-electron chi connectivity index (χ4n) is 5.63. The number of carbonyl (C=O) groups excluding carboxylic acids is 2. The van der Waals surface area contributed by atoms with Gasteiger partial charge in [0.1, 0.15) is 6.54 Å². The number of amides is 2. The number of hydrogen-bond donors (Lipinski definition) is 1. The summed E-state index contributed by atoms with van der Waals surface area (Å²) in [6.07, 6.45) is 9.40. The number of aliphatic hydroxyl groups is 1. The first-order valence-electron chi connectivity index (χ1n) is 11.9. The van der Waals surface area contributed by atoms with Crippen molar-refractivity contribution in [2.45, 2.75) is 50.1 Å². The zero-order chi connectivity index (χ0) is 22.8. The molecule has 2 saturated heterocycles. The van der Waals surface area contributed by atoms with Gasteiger partial charge in [-0.15, -0.1) is 0 Å². The van der Waals surface area contributed by atoms with E-state index in [9.17, 15) is 14.7 Å². The highest BCUT2D eigenvalue weighted by Crippen LogP contribution is 2.43. The Balaban J connectivity index is 1.30. The molecular formula is C27H29N3O3. The Hall–Kier alpha value is -3.17. The van der Waals surface area contributed by atoms with Crippen LogP contribution in [0, 0.1) is 17.8 Å². The minimum absolute atomic E-state index is 0.00696. The zero-order valence-corrected chi connectivity index (χ0v) is 18.7. The molecular weight excluding hydrogens is 414 g/mol. The highest BCUT2D eigenvalue weighted by Gasteiger charge is 2.54. The van der Waals surface area contributed by atoms with Crippen LogP contribution in [0.1, 0.15) is 59.5 Å². The van der Waals surface area contributed by atoms with Gasteiger partial charge >= 0.3 is 0 Å². The van der Waals surface area contributed by atoms with E-state index in [-0.39, 0.29) is 43.0 Å². The standard InChI is InChI=1S/C27H29N3O3/c31-18-24-26(21-10-8-20(9-11-21)7-3-6-19-4-1-2-5-19)23-16-29(17-25(32)30(23)24)27(33)22-12-14-28-15-13-22/h8-15,19,23-24,26,31H,1-2,4-6,16-18H2/t23-,24-,26+/m0/s1. The summed E-state index contributed by atoms with van der Waals surface area (Å²) in [7, 11) is 0. The van der Waals surface area contributed by atoms with Crippen molar-refractivity contribution in [1.82, 2.24) is 14.8 Å². The molecule has 2 aliphatic heterocycles. The molecule has 0 unspecified atom stereocenters. The monoisotopic (exact) mass is 443 g/mol. The lowest BCUT2D eigenvalue weighted by molar-refractivity contribution is -0.159. The minimum Gasteiger partial charge on any atom is -0.394 e. The third kappa shape index (κ3) is 4.26. The van der Waals surface area contributed by atoms with Gasteiger partial charge in [-0.05, 0) is 48.6 Å². The van der Waals surface area contributed by atoms with Crippen molar-refractivity contribution in [2.24, 2.45) is 5.92 Å². The number of hydrogen-bond acceptors (Lipinski definition) is 4. The van der Waals surface area contributed by atoms with Gasteiger partial charge in [0.25, 0.3) is 5.91 Å². The van der Waals surface area contributed by atoms with Gasteiger partial charge in [-0.25, -0.2) is 0 Å². The van der Waals surface area contributed by atoms with Gasteiger partial charge < -0.3 is 14.9 Å². The molecule has 3 heterocycles. The number of aromatic nitrogens is 1. The average molecular weight is 444 g/mol. The van der Waals surface area contributed by atoms with Gasteiger partial charge in [0.15, 0.2) is 0 Å². The smallest absolute Gasteiger partial charge is 0.254 e. The van der Waals surface area contributed by atoms with E-state index in [0.29, 0.717) is 12.1 Å². The van der Waals surface area contributed by atoms with Crippen LogP contribution in [-0.2, 0) is 4.79 Å². The lowest BCUT2D eigenvalue weighted by Gasteiger charge is -2.58. The van der Waals surface area contributed by atoms with Crippen molar-refractivity contribution in [3.63, 3.8) is 0 Å². The molecule has 0 bridgehead atoms. The molecule has 170 valence electrons. The normalized spacial score (nSPS) is 24.6. The first kappa shape index (κ1) is 21.7. The van der Waals surface area contributed by atoms with Crippen molar-refractivity contribution in [2.75, 3.05) is 19.7 Å². The van der Waals surface area contributed by atoms with Crippen LogP contribution in [0.15, 0.2) is 48.8 Å². The molecule has 0 spiro atoms. The van der Waals surface area contributed by atoms with Crippen LogP contribution in [-0.4, -0.2) is 63.5 Å². The van der Waals surface area contributed by atoms with Gasteiger partial charge in [0.2, 0.25) is 5.91 Å². The Morgan fingerprint density at radius 1 is 1.09 bits per heavy atom. The van der Waals surface area contributed by atoms with E-state index in [1.54, 1.807) is 34.3 Å². The summed E-state index contributed by atoms with van der Waals surface area (Å²) in [6, 6.07) is 11.1. The van der Waals surface area contributed by atoms with Crippen LogP contribution < -0.4 is 0 Å². The number of carbonyl (C=O) groups is 2. The predicted octanol–water partition coefficient (Wildman–Crippen LogP) is 2.82. The summed E-state index contributed by atoms with van der Waals surface area (Å²) in [6.45, 7) is 0.404. The quantitative estimate of drug-likeness (QED) is 0.738. The third-order valence-electron chi connectivity index (χ3n) is 7.36. The Bertz CT molecular complexity index is 1070. The fourth-order valence-corrected chi connectivity index (χ4v) is 5.63. The van der Waals surface area contributed by atoms with Gasteiger partial charge in [0.05, 0.1) is 18.7 Å². The number of piperazine rings is 1. The molecule has 5 rings (SSSR count). The lowest BCUT2D eigenvalue weighted by Crippen LogP contribution is -2.73. The Morgan fingerprint density at radius 3 is 2.52 bits per heavy atom. The summed E-state index contributed by atoms with van der Waals surface area (Å²) in [5.41, 5.74) is 2.59. The largest absolute Gasteiger partial charge is 0.394 e. The lowest BCUT2D eigenvalue weighted by atomic mass is 9.73. The second-order valence-electron chi connectivity index (χ2n) is 9.34. The number of benzene rings is 1. The first-order valence-corrected chi connectivity index (χ1v) is 11.9. The molecule has 2 aromatic rings. The second-order valence-corrected chi connectivity index (χ2v) is 9.34. The fraction of sp³-hybridized carbons (Fsp3) is 0.444. The summed E-state index contributed by atoms with van der Waals surface area (Å²) in [4.78, 5) is 33.1. The number of nitrogens with zero attached hydrogens (tertiary/aromatic N) is 3. The van der Waals surface area contributed by atoms with Crippen LogP contribution in [0.25, 0.3) is 0 Å². The maximum absolute atomic E-state index is 12.9. The predicted molar refractivity (Wildman–Crippen MR) is 124 cm³/mol. The number of fused-ring (bicyclic) bond motifs is 1. The average Bonchev–Trinajstić information content (AvgIpc) is 3.35. The van der Waals surface area contributed by atoms with Crippen molar-refractivity contribution in [3.05, 3.63) is 65.5 Å². The highest BCUT2D eigenvalue weighted by molar-refractivity contribution is 5.97. The van der Waals surface area contributed by atoms with E-state index >= 15 is 0 Å². The van der Waals surface area contributed by atoms with Crippen molar-refractivity contribution in [3.8, 4) is 11.8 Å². The molecule has 1 saturated carbocycles. The maximum Gasteiger partial charge on any atom is 0.254 e. The minimum atomic E-state index is -0.250. The Kier molecular flexibility index (Phi) is 6.15. The number of rotatable bonds is 4. The number of aliphatic hydroxyl groups excluding tert-OH is 1. The molecule has 1 aromatic carbocycles. The molecule has 3 fully saturated rings. The van der Waals surface area contributed by atoms with Crippen LogP contribution in [0.2, 0.25) is 0 Å². The molecule has 3 aliphatic rings. The van der Waals surface area contributed by atoms with Crippen molar-refractivity contribution in [1.29, 1.82) is 0 Å². The van der Waals surface area contributed by atoms with E-state index in [2.05, 4.69) is 29.0 Å². The van der Waals surface area contributed by atoms with Crippen molar-refractivity contribution < 1.29 is 14.7 Å². The van der Waals surface area contributed by atoms with E-state index in [0.717, 1.165) is 23.5 Å². The molecule has 1 N–H and O–H groups in total. The van der Waals surface area contributed by atoms with E-state index < -0.39 is 0 Å². The first-order chi connectivity index (χ1) is 16.2. The molecule has 6 nitrogen and oxygen atoms in total. The molecule has 33 heavy (non-hydrogen) atoms. The van der Waals surface area contributed by atoms with Crippen LogP contribution in [0.3, 0.4) is 0 Å². The zero-order valence-electron chi connectivity index (χ0n) is 18.7.